The van der Waals surface area contributed by atoms with Crippen molar-refractivity contribution < 1.29 is 27.1 Å². The number of amides is 1. The fraction of sp³-hybridized carbons (Fsp3) is 0.471. The Labute approximate surface area is 157 Å². The summed E-state index contributed by atoms with van der Waals surface area (Å²) in [6.07, 6.45) is 0.884. The third-order valence-electron chi connectivity index (χ3n) is 4.07. The quantitative estimate of drug-likeness (QED) is 0.704. The molecule has 0 unspecified atom stereocenters. The van der Waals surface area contributed by atoms with E-state index in [1.165, 1.54) is 18.6 Å². The van der Waals surface area contributed by atoms with Gasteiger partial charge in [-0.3, -0.25) is 4.79 Å². The molecule has 146 valence electrons. The van der Waals surface area contributed by atoms with E-state index < -0.39 is 6.36 Å². The zero-order chi connectivity index (χ0) is 19.3. The molecule has 0 bridgehead atoms. The summed E-state index contributed by atoms with van der Waals surface area (Å²) in [5, 5.41) is 10.9. The molecule has 0 saturated heterocycles. The summed E-state index contributed by atoms with van der Waals surface area (Å²) in [4.78, 5) is 12.0. The molecule has 2 aromatic rings. The van der Waals surface area contributed by atoms with Crippen LogP contribution in [0.2, 0.25) is 0 Å². The number of aromatic nitrogens is 2. The Balaban J connectivity index is 1.46. The Morgan fingerprint density at radius 3 is 2.56 bits per heavy atom. The van der Waals surface area contributed by atoms with Crippen molar-refractivity contribution >= 4 is 23.4 Å². The van der Waals surface area contributed by atoms with Gasteiger partial charge in [0.05, 0.1) is 5.75 Å². The van der Waals surface area contributed by atoms with Crippen LogP contribution in [0.3, 0.4) is 0 Å². The van der Waals surface area contributed by atoms with Crippen molar-refractivity contribution in [2.45, 2.75) is 49.6 Å². The molecular weight excluding hydrogens is 383 g/mol. The van der Waals surface area contributed by atoms with Crippen LogP contribution < -0.4 is 10.1 Å². The van der Waals surface area contributed by atoms with Gasteiger partial charge < -0.3 is 14.5 Å². The maximum atomic E-state index is 12.1. The second kappa shape index (κ2) is 8.64. The van der Waals surface area contributed by atoms with Crippen molar-refractivity contribution in [1.82, 2.24) is 10.2 Å². The minimum atomic E-state index is -4.75. The van der Waals surface area contributed by atoms with Crippen LogP contribution in [0.1, 0.15) is 43.9 Å². The van der Waals surface area contributed by atoms with E-state index in [1.54, 1.807) is 0 Å². The monoisotopic (exact) mass is 401 g/mol. The summed E-state index contributed by atoms with van der Waals surface area (Å²) >= 11 is 1.12. The summed E-state index contributed by atoms with van der Waals surface area (Å²) < 4.78 is 45.8. The molecule has 1 fully saturated rings. The molecular formula is C17H18F3N3O3S. The summed E-state index contributed by atoms with van der Waals surface area (Å²) in [5.74, 6) is 0.287. The lowest BCUT2D eigenvalue weighted by molar-refractivity contribution is -0.274. The van der Waals surface area contributed by atoms with E-state index in [1.807, 2.05) is 0 Å². The highest BCUT2D eigenvalue weighted by Crippen LogP contribution is 2.33. The molecule has 1 N–H and O–H groups in total. The number of rotatable bonds is 6. The molecule has 1 aliphatic carbocycles. The molecule has 10 heteroatoms. The topological polar surface area (TPSA) is 77.2 Å². The molecule has 0 atom stereocenters. The normalized spacial score (nSPS) is 15.5. The largest absolute Gasteiger partial charge is 0.573 e. The highest BCUT2D eigenvalue weighted by molar-refractivity contribution is 7.99. The Morgan fingerprint density at radius 1 is 1.19 bits per heavy atom. The molecule has 0 aliphatic heterocycles. The molecule has 0 spiro atoms. The first-order valence-electron chi connectivity index (χ1n) is 8.51. The van der Waals surface area contributed by atoms with Gasteiger partial charge in [0.1, 0.15) is 5.75 Å². The van der Waals surface area contributed by atoms with Gasteiger partial charge in [-0.05, 0) is 37.1 Å². The van der Waals surface area contributed by atoms with Crippen LogP contribution >= 0.6 is 11.8 Å². The van der Waals surface area contributed by atoms with Gasteiger partial charge in [-0.15, -0.1) is 23.4 Å². The number of ether oxygens (including phenoxy) is 1. The first-order chi connectivity index (χ1) is 12.9. The molecule has 1 aromatic carbocycles. The predicted molar refractivity (Wildman–Crippen MR) is 92.6 cm³/mol. The number of thioether (sulfide) groups is 1. The van der Waals surface area contributed by atoms with Gasteiger partial charge in [0.25, 0.3) is 5.22 Å². The van der Waals surface area contributed by atoms with E-state index in [4.69, 9.17) is 4.42 Å². The molecule has 1 saturated carbocycles. The smallest absolute Gasteiger partial charge is 0.416 e. The fourth-order valence-corrected chi connectivity index (χ4v) is 3.43. The number of halogens is 3. The van der Waals surface area contributed by atoms with Crippen LogP contribution in [0, 0.1) is 0 Å². The Bertz CT molecular complexity index is 759. The Morgan fingerprint density at radius 2 is 1.89 bits per heavy atom. The molecule has 6 nitrogen and oxygen atoms in total. The Kier molecular flexibility index (Phi) is 6.25. The first-order valence-corrected chi connectivity index (χ1v) is 9.49. The highest BCUT2D eigenvalue weighted by Gasteiger charge is 2.31. The predicted octanol–water partition coefficient (Wildman–Crippen LogP) is 4.75. The van der Waals surface area contributed by atoms with Crippen LogP contribution in [0.15, 0.2) is 33.9 Å². The fourth-order valence-electron chi connectivity index (χ4n) is 2.86. The van der Waals surface area contributed by atoms with Gasteiger partial charge >= 0.3 is 6.36 Å². The number of carbonyl (C=O) groups is 1. The van der Waals surface area contributed by atoms with Crippen molar-refractivity contribution in [2.24, 2.45) is 0 Å². The molecule has 27 heavy (non-hydrogen) atoms. The highest BCUT2D eigenvalue weighted by atomic mass is 32.2. The molecule has 0 radical (unpaired) electrons. The lowest BCUT2D eigenvalue weighted by atomic mass is 9.89. The lowest BCUT2D eigenvalue weighted by Crippen LogP contribution is -2.17. The minimum Gasteiger partial charge on any atom is -0.416 e. The van der Waals surface area contributed by atoms with E-state index in [0.29, 0.717) is 22.7 Å². The standard InChI is InChI=1S/C17H18F3N3O3S/c18-17(19,20)26-13-8-6-12(7-9-13)21-14(24)10-27-16-23-22-15(25-16)11-4-2-1-3-5-11/h6-9,11H,1-5,10H2,(H,21,24). The van der Waals surface area contributed by atoms with Crippen molar-refractivity contribution in [3.05, 3.63) is 30.2 Å². The molecule has 3 rings (SSSR count). The second-order valence-electron chi connectivity index (χ2n) is 6.15. The zero-order valence-electron chi connectivity index (χ0n) is 14.3. The van der Waals surface area contributed by atoms with Gasteiger partial charge in [0, 0.05) is 11.6 Å². The van der Waals surface area contributed by atoms with Crippen molar-refractivity contribution in [1.29, 1.82) is 0 Å². The van der Waals surface area contributed by atoms with E-state index in [0.717, 1.165) is 49.6 Å². The number of anilines is 1. The number of carbonyl (C=O) groups excluding carboxylic acids is 1. The van der Waals surface area contributed by atoms with Crippen LogP contribution in [-0.4, -0.2) is 28.2 Å². The molecule has 1 heterocycles. The second-order valence-corrected chi connectivity index (χ2v) is 7.08. The van der Waals surface area contributed by atoms with Crippen LogP contribution in [0.4, 0.5) is 18.9 Å². The van der Waals surface area contributed by atoms with Crippen molar-refractivity contribution in [2.75, 3.05) is 11.1 Å². The minimum absolute atomic E-state index is 0.0487. The Hall–Kier alpha value is -2.23. The molecule has 1 aliphatic rings. The van der Waals surface area contributed by atoms with Crippen LogP contribution in [-0.2, 0) is 4.79 Å². The van der Waals surface area contributed by atoms with E-state index in [2.05, 4.69) is 20.3 Å². The number of nitrogens with one attached hydrogen (secondary N) is 1. The van der Waals surface area contributed by atoms with Gasteiger partial charge in [-0.2, -0.15) is 0 Å². The van der Waals surface area contributed by atoms with Crippen LogP contribution in [0.25, 0.3) is 0 Å². The number of benzene rings is 1. The van der Waals surface area contributed by atoms with E-state index in [-0.39, 0.29) is 17.4 Å². The third-order valence-corrected chi connectivity index (χ3v) is 4.89. The maximum Gasteiger partial charge on any atom is 0.573 e. The van der Waals surface area contributed by atoms with Gasteiger partial charge in [-0.25, -0.2) is 0 Å². The van der Waals surface area contributed by atoms with E-state index >= 15 is 0 Å². The number of hydrogen-bond donors (Lipinski definition) is 1. The van der Waals surface area contributed by atoms with Gasteiger partial charge in [0.15, 0.2) is 0 Å². The number of alkyl halides is 3. The molecule has 1 aromatic heterocycles. The number of nitrogens with zero attached hydrogens (tertiary/aromatic N) is 2. The van der Waals surface area contributed by atoms with Crippen LogP contribution in [0.5, 0.6) is 5.75 Å². The van der Waals surface area contributed by atoms with Crippen molar-refractivity contribution in [3.63, 3.8) is 0 Å². The van der Waals surface area contributed by atoms with Crippen molar-refractivity contribution in [3.8, 4) is 5.75 Å². The lowest BCUT2D eigenvalue weighted by Gasteiger charge is -2.17. The van der Waals surface area contributed by atoms with Gasteiger partial charge in [0.2, 0.25) is 11.8 Å². The summed E-state index contributed by atoms with van der Waals surface area (Å²) in [6.45, 7) is 0. The molecule has 1 amide bonds. The third kappa shape index (κ3) is 6.16. The zero-order valence-corrected chi connectivity index (χ0v) is 15.1. The number of hydrogen-bond acceptors (Lipinski definition) is 6. The van der Waals surface area contributed by atoms with Gasteiger partial charge in [-0.1, -0.05) is 31.0 Å². The maximum absolute atomic E-state index is 12.1. The summed E-state index contributed by atoms with van der Waals surface area (Å²) in [6, 6.07) is 4.92. The average Bonchev–Trinajstić information content (AvgIpc) is 3.10. The average molecular weight is 401 g/mol. The summed E-state index contributed by atoms with van der Waals surface area (Å²) in [5.41, 5.74) is 0.364. The SMILES string of the molecule is O=C(CSc1nnc(C2CCCCC2)o1)Nc1ccc(OC(F)(F)F)cc1. The first kappa shape index (κ1) is 19.5. The van der Waals surface area contributed by atoms with E-state index in [9.17, 15) is 18.0 Å². The summed E-state index contributed by atoms with van der Waals surface area (Å²) in [7, 11) is 0.